The van der Waals surface area contributed by atoms with Gasteiger partial charge in [0.25, 0.3) is 0 Å². The zero-order chi connectivity index (χ0) is 23.9. The Morgan fingerprint density at radius 2 is 0.906 bits per heavy atom. The van der Waals surface area contributed by atoms with Crippen LogP contribution in [0.1, 0.15) is 137 Å². The van der Waals surface area contributed by atoms with E-state index in [0.29, 0.717) is 12.6 Å². The summed E-state index contributed by atoms with van der Waals surface area (Å²) in [6.45, 7) is 15.9. The minimum Gasteiger partial charge on any atom is -0.353 e. The summed E-state index contributed by atoms with van der Waals surface area (Å²) in [5.74, 6) is 0.226. The molecule has 0 aromatic carbocycles. The van der Waals surface area contributed by atoms with E-state index in [9.17, 15) is 4.79 Å². The quantitative estimate of drug-likeness (QED) is 0.122. The third-order valence-corrected chi connectivity index (χ3v) is 6.96. The van der Waals surface area contributed by atoms with Crippen LogP contribution in [0.15, 0.2) is 0 Å². The Labute approximate surface area is 202 Å². The summed E-state index contributed by atoms with van der Waals surface area (Å²) in [5, 5.41) is 3.21. The Bertz CT molecular complexity index is 382. The van der Waals surface area contributed by atoms with Crippen molar-refractivity contribution in [2.75, 3.05) is 32.7 Å². The number of likely N-dealkylation sites (N-methyl/N-ethyl adjacent to an activating group) is 2. The molecule has 0 aromatic heterocycles. The second-order valence-corrected chi connectivity index (χ2v) is 9.43. The van der Waals surface area contributed by atoms with Crippen molar-refractivity contribution in [3.8, 4) is 0 Å². The van der Waals surface area contributed by atoms with E-state index in [1.807, 2.05) is 0 Å². The highest BCUT2D eigenvalue weighted by Crippen LogP contribution is 2.14. The van der Waals surface area contributed by atoms with Gasteiger partial charge in [0.05, 0.1) is 6.17 Å². The van der Waals surface area contributed by atoms with Crippen LogP contribution in [-0.4, -0.2) is 54.6 Å². The molecule has 0 fully saturated rings. The van der Waals surface area contributed by atoms with Gasteiger partial charge in [0.1, 0.15) is 0 Å². The average molecular weight is 454 g/mol. The Morgan fingerprint density at radius 1 is 0.562 bits per heavy atom. The van der Waals surface area contributed by atoms with E-state index in [1.54, 1.807) is 0 Å². The third kappa shape index (κ3) is 16.9. The largest absolute Gasteiger partial charge is 0.353 e. The Balaban J connectivity index is 3.66. The van der Waals surface area contributed by atoms with Crippen molar-refractivity contribution in [2.45, 2.75) is 144 Å². The van der Waals surface area contributed by atoms with Gasteiger partial charge >= 0.3 is 0 Å². The minimum absolute atomic E-state index is 0.226. The number of unbranched alkanes of at least 4 members (excludes halogenated alkanes) is 14. The number of carbonyl (C=O) groups excluding carboxylic acids is 1. The SMILES string of the molecule is CCCCCCCCCCCCCCCCCC(=O)NCC(N(CC)CC)N(CC)CC. The molecule has 0 radical (unpaired) electrons. The van der Waals surface area contributed by atoms with Crippen LogP contribution >= 0.6 is 0 Å². The van der Waals surface area contributed by atoms with Gasteiger partial charge in [0, 0.05) is 13.0 Å². The molecular formula is C28H59N3O. The van der Waals surface area contributed by atoms with Gasteiger partial charge in [-0.2, -0.15) is 0 Å². The Kier molecular flexibility index (Phi) is 23.1. The fourth-order valence-electron chi connectivity index (χ4n) is 4.73. The molecule has 0 aliphatic rings. The van der Waals surface area contributed by atoms with Gasteiger partial charge in [-0.25, -0.2) is 0 Å². The van der Waals surface area contributed by atoms with Gasteiger partial charge in [-0.05, 0) is 32.6 Å². The van der Waals surface area contributed by atoms with E-state index >= 15 is 0 Å². The fraction of sp³-hybridized carbons (Fsp3) is 0.964. The second kappa shape index (κ2) is 23.5. The molecule has 1 N–H and O–H groups in total. The number of hydrogen-bond acceptors (Lipinski definition) is 3. The van der Waals surface area contributed by atoms with Gasteiger partial charge in [0.2, 0.25) is 5.91 Å². The lowest BCUT2D eigenvalue weighted by molar-refractivity contribution is -0.121. The van der Waals surface area contributed by atoms with Crippen molar-refractivity contribution in [1.29, 1.82) is 0 Å². The van der Waals surface area contributed by atoms with Crippen LogP contribution in [-0.2, 0) is 4.79 Å². The van der Waals surface area contributed by atoms with Crippen LogP contribution < -0.4 is 5.32 Å². The second-order valence-electron chi connectivity index (χ2n) is 9.43. The highest BCUT2D eigenvalue weighted by Gasteiger charge is 2.21. The molecule has 4 nitrogen and oxygen atoms in total. The molecule has 0 saturated heterocycles. The fourth-order valence-corrected chi connectivity index (χ4v) is 4.73. The molecule has 0 saturated carbocycles. The number of rotatable bonds is 24. The predicted octanol–water partition coefficient (Wildman–Crippen LogP) is 7.37. The lowest BCUT2D eigenvalue weighted by atomic mass is 10.0. The lowest BCUT2D eigenvalue weighted by Crippen LogP contribution is -2.54. The first-order valence-corrected chi connectivity index (χ1v) is 14.4. The Morgan fingerprint density at radius 3 is 1.25 bits per heavy atom. The molecule has 1 amide bonds. The van der Waals surface area contributed by atoms with Crippen LogP contribution in [0.4, 0.5) is 0 Å². The summed E-state index contributed by atoms with van der Waals surface area (Å²) in [6, 6.07) is 0. The number of amides is 1. The van der Waals surface area contributed by atoms with E-state index < -0.39 is 0 Å². The van der Waals surface area contributed by atoms with E-state index in [4.69, 9.17) is 0 Å². The highest BCUT2D eigenvalue weighted by molar-refractivity contribution is 5.75. The molecular weight excluding hydrogens is 394 g/mol. The predicted molar refractivity (Wildman–Crippen MR) is 142 cm³/mol. The maximum atomic E-state index is 12.3. The standard InChI is InChI=1S/C28H59N3O/c1-6-11-12-13-14-15-16-17-18-19-20-21-22-23-24-25-27(32)29-26-28(30(7-2)8-3)31(9-4)10-5/h28H,6-26H2,1-5H3,(H,29,32). The molecule has 192 valence electrons. The van der Waals surface area contributed by atoms with Crippen LogP contribution in [0, 0.1) is 0 Å². The number of nitrogens with zero attached hydrogens (tertiary/aromatic N) is 2. The van der Waals surface area contributed by atoms with Crippen LogP contribution in [0.3, 0.4) is 0 Å². The molecule has 32 heavy (non-hydrogen) atoms. The van der Waals surface area contributed by atoms with Gasteiger partial charge < -0.3 is 5.32 Å². The molecule has 0 aliphatic heterocycles. The monoisotopic (exact) mass is 453 g/mol. The van der Waals surface area contributed by atoms with Gasteiger partial charge in [-0.1, -0.05) is 125 Å². The number of nitrogens with one attached hydrogen (secondary N) is 1. The molecule has 0 atom stereocenters. The van der Waals surface area contributed by atoms with E-state index in [0.717, 1.165) is 39.1 Å². The van der Waals surface area contributed by atoms with Crippen molar-refractivity contribution >= 4 is 5.91 Å². The van der Waals surface area contributed by atoms with Crippen LogP contribution in [0.5, 0.6) is 0 Å². The number of carbonyl (C=O) groups is 1. The summed E-state index contributed by atoms with van der Waals surface area (Å²) in [4.78, 5) is 17.2. The van der Waals surface area contributed by atoms with Gasteiger partial charge in [0.15, 0.2) is 0 Å². The molecule has 0 aromatic rings. The van der Waals surface area contributed by atoms with Crippen LogP contribution in [0.2, 0.25) is 0 Å². The van der Waals surface area contributed by atoms with Crippen molar-refractivity contribution in [2.24, 2.45) is 0 Å². The van der Waals surface area contributed by atoms with Gasteiger partial charge in [-0.3, -0.25) is 14.6 Å². The topological polar surface area (TPSA) is 35.6 Å². The van der Waals surface area contributed by atoms with Crippen molar-refractivity contribution in [3.05, 3.63) is 0 Å². The molecule has 0 aliphatic carbocycles. The summed E-state index contributed by atoms with van der Waals surface area (Å²) in [6.07, 6.45) is 21.4. The number of hydrogen-bond donors (Lipinski definition) is 1. The van der Waals surface area contributed by atoms with Crippen molar-refractivity contribution in [3.63, 3.8) is 0 Å². The summed E-state index contributed by atoms with van der Waals surface area (Å²) in [5.41, 5.74) is 0. The summed E-state index contributed by atoms with van der Waals surface area (Å²) < 4.78 is 0. The maximum Gasteiger partial charge on any atom is 0.220 e. The molecule has 0 bridgehead atoms. The maximum absolute atomic E-state index is 12.3. The van der Waals surface area contributed by atoms with E-state index in [2.05, 4.69) is 49.7 Å². The Hall–Kier alpha value is -0.610. The average Bonchev–Trinajstić information content (AvgIpc) is 2.81. The first-order chi connectivity index (χ1) is 15.6. The molecule has 0 unspecified atom stereocenters. The molecule has 0 spiro atoms. The molecule has 0 rings (SSSR count). The lowest BCUT2D eigenvalue weighted by Gasteiger charge is -2.38. The smallest absolute Gasteiger partial charge is 0.220 e. The van der Waals surface area contributed by atoms with E-state index in [-0.39, 0.29) is 5.91 Å². The first-order valence-electron chi connectivity index (χ1n) is 14.4. The minimum atomic E-state index is 0.226. The normalized spacial score (nSPS) is 11.8. The van der Waals surface area contributed by atoms with Crippen molar-refractivity contribution in [1.82, 2.24) is 15.1 Å². The zero-order valence-corrected chi connectivity index (χ0v) is 22.7. The first kappa shape index (κ1) is 31.4. The third-order valence-electron chi connectivity index (χ3n) is 6.96. The highest BCUT2D eigenvalue weighted by atomic mass is 16.1. The van der Waals surface area contributed by atoms with Crippen LogP contribution in [0.25, 0.3) is 0 Å². The molecule has 4 heteroatoms. The van der Waals surface area contributed by atoms with Crippen molar-refractivity contribution < 1.29 is 4.79 Å². The summed E-state index contributed by atoms with van der Waals surface area (Å²) in [7, 11) is 0. The molecule has 0 heterocycles. The summed E-state index contributed by atoms with van der Waals surface area (Å²) >= 11 is 0. The zero-order valence-electron chi connectivity index (χ0n) is 22.7. The van der Waals surface area contributed by atoms with E-state index in [1.165, 1.54) is 89.9 Å². The van der Waals surface area contributed by atoms with Gasteiger partial charge in [-0.15, -0.1) is 0 Å².